The fraction of sp³-hybridized carbons (Fsp3) is 0.353. The first-order chi connectivity index (χ1) is 10.1. The van der Waals surface area contributed by atoms with Crippen LogP contribution in [0.5, 0.6) is 0 Å². The Bertz CT molecular complexity index is 672. The van der Waals surface area contributed by atoms with Crippen LogP contribution in [0.15, 0.2) is 41.3 Å². The zero-order valence-electron chi connectivity index (χ0n) is 13.0. The molecule has 0 N–H and O–H groups in total. The standard InChI is InChI=1S/C17H18F3NS/c1-11-8-9-12(22-17(18,19)20)10-13(11)14-6-5-7-15(21-14)16(2,3)4/h5-10H,1-4H3. The van der Waals surface area contributed by atoms with Gasteiger partial charge in [0, 0.05) is 21.6 Å². The molecule has 1 aromatic heterocycles. The second-order valence-corrected chi connectivity index (χ2v) is 7.32. The summed E-state index contributed by atoms with van der Waals surface area (Å²) in [5, 5.41) is 0. The Morgan fingerprint density at radius 1 is 1.00 bits per heavy atom. The van der Waals surface area contributed by atoms with Gasteiger partial charge in [-0.15, -0.1) is 0 Å². The van der Waals surface area contributed by atoms with Crippen molar-refractivity contribution in [2.75, 3.05) is 0 Å². The number of halogens is 3. The van der Waals surface area contributed by atoms with E-state index in [-0.39, 0.29) is 22.1 Å². The summed E-state index contributed by atoms with van der Waals surface area (Å²) in [5.74, 6) is 0. The third-order valence-corrected chi connectivity index (χ3v) is 3.96. The summed E-state index contributed by atoms with van der Waals surface area (Å²) in [6.07, 6.45) is 0. The van der Waals surface area contributed by atoms with Crippen LogP contribution >= 0.6 is 11.8 Å². The number of hydrogen-bond donors (Lipinski definition) is 0. The molecular weight excluding hydrogens is 307 g/mol. The quantitative estimate of drug-likeness (QED) is 0.631. The number of aryl methyl sites for hydroxylation is 1. The summed E-state index contributed by atoms with van der Waals surface area (Å²) in [6, 6.07) is 10.4. The number of rotatable bonds is 2. The van der Waals surface area contributed by atoms with Gasteiger partial charge in [0.2, 0.25) is 0 Å². The number of thioether (sulfide) groups is 1. The first kappa shape index (κ1) is 16.9. The normalized spacial score (nSPS) is 12.5. The van der Waals surface area contributed by atoms with Gasteiger partial charge in [0.15, 0.2) is 0 Å². The number of benzene rings is 1. The van der Waals surface area contributed by atoms with Crippen molar-refractivity contribution in [1.82, 2.24) is 4.98 Å². The Morgan fingerprint density at radius 3 is 2.27 bits per heavy atom. The van der Waals surface area contributed by atoms with Crippen molar-refractivity contribution in [3.05, 3.63) is 47.7 Å². The summed E-state index contributed by atoms with van der Waals surface area (Å²) < 4.78 is 37.6. The molecule has 0 bridgehead atoms. The van der Waals surface area contributed by atoms with E-state index >= 15 is 0 Å². The minimum atomic E-state index is -4.28. The SMILES string of the molecule is Cc1ccc(SC(F)(F)F)cc1-c1cccc(C(C)(C)C)n1. The van der Waals surface area contributed by atoms with E-state index in [0.717, 1.165) is 16.8 Å². The van der Waals surface area contributed by atoms with Crippen LogP contribution in [0.4, 0.5) is 13.2 Å². The zero-order chi connectivity index (χ0) is 16.5. The van der Waals surface area contributed by atoms with Gasteiger partial charge in [-0.1, -0.05) is 32.9 Å². The lowest BCUT2D eigenvalue weighted by molar-refractivity contribution is -0.0328. The Labute approximate surface area is 133 Å². The number of aromatic nitrogens is 1. The number of nitrogens with zero attached hydrogens (tertiary/aromatic N) is 1. The summed E-state index contributed by atoms with van der Waals surface area (Å²) >= 11 is -0.0998. The van der Waals surface area contributed by atoms with Gasteiger partial charge in [0.25, 0.3) is 0 Å². The minimum Gasteiger partial charge on any atom is -0.252 e. The molecule has 0 atom stereocenters. The van der Waals surface area contributed by atoms with Crippen molar-refractivity contribution >= 4 is 11.8 Å². The average molecular weight is 325 g/mol. The maximum absolute atomic E-state index is 12.5. The lowest BCUT2D eigenvalue weighted by Crippen LogP contribution is -2.13. The first-order valence-corrected chi connectivity index (χ1v) is 7.72. The van der Waals surface area contributed by atoms with E-state index in [1.165, 1.54) is 6.07 Å². The van der Waals surface area contributed by atoms with Gasteiger partial charge in [-0.2, -0.15) is 13.2 Å². The van der Waals surface area contributed by atoms with Crippen LogP contribution in [0, 0.1) is 6.92 Å². The Morgan fingerprint density at radius 2 is 1.68 bits per heavy atom. The lowest BCUT2D eigenvalue weighted by Gasteiger charge is -2.19. The predicted octanol–water partition coefficient (Wildman–Crippen LogP) is 5.97. The molecule has 0 aliphatic heterocycles. The van der Waals surface area contributed by atoms with Crippen LogP contribution in [0.1, 0.15) is 32.0 Å². The molecule has 1 heterocycles. The van der Waals surface area contributed by atoms with Gasteiger partial charge >= 0.3 is 5.51 Å². The van der Waals surface area contributed by atoms with Gasteiger partial charge in [-0.05, 0) is 48.5 Å². The maximum Gasteiger partial charge on any atom is 0.446 e. The fourth-order valence-corrected chi connectivity index (χ4v) is 2.66. The molecule has 22 heavy (non-hydrogen) atoms. The van der Waals surface area contributed by atoms with Gasteiger partial charge in [0.1, 0.15) is 0 Å². The van der Waals surface area contributed by atoms with Crippen LogP contribution in [0.25, 0.3) is 11.3 Å². The molecule has 0 amide bonds. The van der Waals surface area contributed by atoms with E-state index in [4.69, 9.17) is 0 Å². The van der Waals surface area contributed by atoms with E-state index in [1.54, 1.807) is 12.1 Å². The molecule has 1 nitrogen and oxygen atoms in total. The third kappa shape index (κ3) is 4.26. The molecule has 2 rings (SSSR count). The highest BCUT2D eigenvalue weighted by Gasteiger charge is 2.29. The number of pyridine rings is 1. The molecule has 118 valence electrons. The van der Waals surface area contributed by atoms with Crippen molar-refractivity contribution < 1.29 is 13.2 Å². The Balaban J connectivity index is 2.46. The Kier molecular flexibility index (Phi) is 4.57. The van der Waals surface area contributed by atoms with Crippen molar-refractivity contribution in [2.24, 2.45) is 0 Å². The highest BCUT2D eigenvalue weighted by Crippen LogP contribution is 2.39. The minimum absolute atomic E-state index is 0.0998. The zero-order valence-corrected chi connectivity index (χ0v) is 13.8. The molecule has 0 aliphatic carbocycles. The van der Waals surface area contributed by atoms with Crippen LogP contribution in [0.2, 0.25) is 0 Å². The highest BCUT2D eigenvalue weighted by atomic mass is 32.2. The molecule has 5 heteroatoms. The molecule has 0 fully saturated rings. The van der Waals surface area contributed by atoms with Crippen molar-refractivity contribution in [3.63, 3.8) is 0 Å². The Hall–Kier alpha value is -1.49. The van der Waals surface area contributed by atoms with Crippen LogP contribution in [-0.2, 0) is 5.41 Å². The molecule has 0 saturated heterocycles. The summed E-state index contributed by atoms with van der Waals surface area (Å²) in [7, 11) is 0. The van der Waals surface area contributed by atoms with E-state index in [2.05, 4.69) is 25.8 Å². The molecule has 0 unspecified atom stereocenters. The smallest absolute Gasteiger partial charge is 0.252 e. The van der Waals surface area contributed by atoms with Gasteiger partial charge < -0.3 is 0 Å². The largest absolute Gasteiger partial charge is 0.446 e. The summed E-state index contributed by atoms with van der Waals surface area (Å²) in [4.78, 5) is 4.80. The topological polar surface area (TPSA) is 12.9 Å². The monoisotopic (exact) mass is 325 g/mol. The lowest BCUT2D eigenvalue weighted by atomic mass is 9.91. The maximum atomic E-state index is 12.5. The molecular formula is C17H18F3NS. The predicted molar refractivity (Wildman–Crippen MR) is 85.0 cm³/mol. The van der Waals surface area contributed by atoms with Gasteiger partial charge in [-0.3, -0.25) is 4.98 Å². The van der Waals surface area contributed by atoms with E-state index in [1.807, 2.05) is 25.1 Å². The van der Waals surface area contributed by atoms with Crippen molar-refractivity contribution in [2.45, 2.75) is 43.5 Å². The number of hydrogen-bond acceptors (Lipinski definition) is 2. The van der Waals surface area contributed by atoms with Crippen LogP contribution < -0.4 is 0 Å². The van der Waals surface area contributed by atoms with Crippen molar-refractivity contribution in [1.29, 1.82) is 0 Å². The van der Waals surface area contributed by atoms with E-state index in [0.29, 0.717) is 5.69 Å². The summed E-state index contributed by atoms with van der Waals surface area (Å²) in [6.45, 7) is 8.05. The van der Waals surface area contributed by atoms with Crippen molar-refractivity contribution in [3.8, 4) is 11.3 Å². The third-order valence-electron chi connectivity index (χ3n) is 3.24. The first-order valence-electron chi connectivity index (χ1n) is 6.90. The molecule has 2 aromatic rings. The van der Waals surface area contributed by atoms with Crippen LogP contribution in [-0.4, -0.2) is 10.5 Å². The fourth-order valence-electron chi connectivity index (χ4n) is 2.08. The molecule has 0 radical (unpaired) electrons. The highest BCUT2D eigenvalue weighted by molar-refractivity contribution is 8.00. The van der Waals surface area contributed by atoms with E-state index in [9.17, 15) is 13.2 Å². The molecule has 0 spiro atoms. The molecule has 0 aliphatic rings. The average Bonchev–Trinajstić information content (AvgIpc) is 2.38. The van der Waals surface area contributed by atoms with Gasteiger partial charge in [-0.25, -0.2) is 0 Å². The summed E-state index contributed by atoms with van der Waals surface area (Å²) in [5.41, 5.74) is -1.13. The van der Waals surface area contributed by atoms with Gasteiger partial charge in [0.05, 0.1) is 5.69 Å². The van der Waals surface area contributed by atoms with Crippen LogP contribution in [0.3, 0.4) is 0 Å². The second-order valence-electron chi connectivity index (χ2n) is 6.18. The van der Waals surface area contributed by atoms with E-state index < -0.39 is 5.51 Å². The molecule has 0 saturated carbocycles. The second kappa shape index (κ2) is 5.95. The molecule has 1 aromatic carbocycles. The number of alkyl halides is 3.